The Morgan fingerprint density at radius 1 is 1.23 bits per heavy atom. The second kappa shape index (κ2) is 8.57. The van der Waals surface area contributed by atoms with Crippen LogP contribution in [0.1, 0.15) is 41.9 Å². The van der Waals surface area contributed by atoms with Gasteiger partial charge in [0.25, 0.3) is 5.69 Å². The van der Waals surface area contributed by atoms with Crippen molar-refractivity contribution in [2.24, 2.45) is 0 Å². The Hall–Kier alpha value is -2.74. The third-order valence-electron chi connectivity index (χ3n) is 3.66. The first-order valence-electron chi connectivity index (χ1n) is 8.24. The Labute approximate surface area is 155 Å². The van der Waals surface area contributed by atoms with Crippen molar-refractivity contribution in [2.75, 3.05) is 11.9 Å². The van der Waals surface area contributed by atoms with Gasteiger partial charge in [0.1, 0.15) is 10.6 Å². The van der Waals surface area contributed by atoms with E-state index in [9.17, 15) is 19.7 Å². The van der Waals surface area contributed by atoms with E-state index in [1.54, 1.807) is 19.1 Å². The van der Waals surface area contributed by atoms with E-state index in [2.05, 4.69) is 5.32 Å². The van der Waals surface area contributed by atoms with E-state index in [1.807, 2.05) is 13.8 Å². The highest BCUT2D eigenvalue weighted by molar-refractivity contribution is 7.17. The number of carbonyl (C=O) groups excluding carboxylic acids is 2. The molecule has 1 amide bonds. The van der Waals surface area contributed by atoms with Gasteiger partial charge in [-0.2, -0.15) is 0 Å². The van der Waals surface area contributed by atoms with E-state index in [0.717, 1.165) is 4.88 Å². The molecule has 0 fully saturated rings. The number of rotatable bonds is 7. The van der Waals surface area contributed by atoms with Crippen molar-refractivity contribution in [3.05, 3.63) is 44.8 Å². The minimum Gasteiger partial charge on any atom is -0.462 e. The number of nitrogens with one attached hydrogen (secondary N) is 1. The number of non-ortho nitro benzene ring substituents is 1. The standard InChI is InChI=1S/C18H20N2O5S/c1-4-6-14(21)19-17-16(18(22)25-5-2)15(11(3)26-17)12-7-9-13(10-8-12)20(23)24/h7-10H,4-6H2,1-3H3,(H,19,21). The van der Waals surface area contributed by atoms with Crippen molar-refractivity contribution in [1.29, 1.82) is 0 Å². The zero-order valence-corrected chi connectivity index (χ0v) is 15.6. The average molecular weight is 376 g/mol. The van der Waals surface area contributed by atoms with Crippen molar-refractivity contribution in [3.63, 3.8) is 0 Å². The predicted octanol–water partition coefficient (Wildman–Crippen LogP) is 4.55. The van der Waals surface area contributed by atoms with Crippen LogP contribution in [0.25, 0.3) is 11.1 Å². The molecule has 26 heavy (non-hydrogen) atoms. The summed E-state index contributed by atoms with van der Waals surface area (Å²) in [4.78, 5) is 35.7. The maximum Gasteiger partial charge on any atom is 0.341 e. The van der Waals surface area contributed by atoms with E-state index in [0.29, 0.717) is 29.0 Å². The predicted molar refractivity (Wildman–Crippen MR) is 101 cm³/mol. The number of aryl methyl sites for hydroxylation is 1. The van der Waals surface area contributed by atoms with Gasteiger partial charge >= 0.3 is 5.97 Å². The molecule has 0 aliphatic heterocycles. The van der Waals surface area contributed by atoms with Gasteiger partial charge in [0, 0.05) is 29.0 Å². The molecule has 0 aliphatic rings. The lowest BCUT2D eigenvalue weighted by molar-refractivity contribution is -0.384. The molecule has 7 nitrogen and oxygen atoms in total. The minimum atomic E-state index is -0.531. The molecule has 1 aromatic heterocycles. The van der Waals surface area contributed by atoms with Crippen LogP contribution in [0.5, 0.6) is 0 Å². The van der Waals surface area contributed by atoms with Crippen LogP contribution in [0.15, 0.2) is 24.3 Å². The number of hydrogen-bond donors (Lipinski definition) is 1. The van der Waals surface area contributed by atoms with Crippen LogP contribution in [0.2, 0.25) is 0 Å². The average Bonchev–Trinajstić information content (AvgIpc) is 2.91. The summed E-state index contributed by atoms with van der Waals surface area (Å²) in [6, 6.07) is 5.95. The molecule has 0 aliphatic carbocycles. The molecule has 1 aromatic carbocycles. The molecule has 0 saturated heterocycles. The van der Waals surface area contributed by atoms with E-state index in [-0.39, 0.29) is 23.8 Å². The number of anilines is 1. The summed E-state index contributed by atoms with van der Waals surface area (Å²) in [7, 11) is 0. The third-order valence-corrected chi connectivity index (χ3v) is 4.68. The molecule has 0 atom stereocenters. The smallest absolute Gasteiger partial charge is 0.341 e. The van der Waals surface area contributed by atoms with Crippen molar-refractivity contribution in [1.82, 2.24) is 0 Å². The van der Waals surface area contributed by atoms with Gasteiger partial charge in [-0.15, -0.1) is 11.3 Å². The SMILES string of the molecule is CCCC(=O)Nc1sc(C)c(-c2ccc([N+](=O)[O-])cc2)c1C(=O)OCC. The summed E-state index contributed by atoms with van der Waals surface area (Å²) in [5.41, 5.74) is 1.53. The van der Waals surface area contributed by atoms with Gasteiger partial charge in [0.2, 0.25) is 5.91 Å². The molecule has 0 bridgehead atoms. The zero-order valence-electron chi connectivity index (χ0n) is 14.8. The third kappa shape index (κ3) is 4.26. The number of esters is 1. The number of nitro groups is 1. The maximum atomic E-state index is 12.5. The van der Waals surface area contributed by atoms with Gasteiger partial charge in [-0.25, -0.2) is 4.79 Å². The van der Waals surface area contributed by atoms with E-state index in [4.69, 9.17) is 4.74 Å². The normalized spacial score (nSPS) is 10.4. The highest BCUT2D eigenvalue weighted by atomic mass is 32.1. The highest BCUT2D eigenvalue weighted by Gasteiger charge is 2.25. The first-order chi connectivity index (χ1) is 12.4. The second-order valence-corrected chi connectivity index (χ2v) is 6.78. The molecular formula is C18H20N2O5S. The molecule has 2 rings (SSSR count). The molecule has 138 valence electrons. The van der Waals surface area contributed by atoms with Crippen LogP contribution in [0.4, 0.5) is 10.7 Å². The number of benzene rings is 1. The maximum absolute atomic E-state index is 12.5. The molecular weight excluding hydrogens is 356 g/mol. The van der Waals surface area contributed by atoms with E-state index < -0.39 is 10.9 Å². The first-order valence-corrected chi connectivity index (χ1v) is 9.05. The van der Waals surface area contributed by atoms with E-state index >= 15 is 0 Å². The van der Waals surface area contributed by atoms with Crippen molar-refractivity contribution in [2.45, 2.75) is 33.6 Å². The summed E-state index contributed by atoms with van der Waals surface area (Å²) in [6.07, 6.45) is 1.05. The Morgan fingerprint density at radius 3 is 2.42 bits per heavy atom. The van der Waals surface area contributed by atoms with Gasteiger partial charge in [-0.1, -0.05) is 6.92 Å². The molecule has 1 heterocycles. The number of nitrogens with zero attached hydrogens (tertiary/aromatic N) is 1. The Bertz CT molecular complexity index is 827. The first kappa shape index (κ1) is 19.6. The summed E-state index contributed by atoms with van der Waals surface area (Å²) in [5, 5.41) is 14.1. The topological polar surface area (TPSA) is 98.5 Å². The fraction of sp³-hybridized carbons (Fsp3) is 0.333. The molecule has 8 heteroatoms. The number of carbonyl (C=O) groups is 2. The van der Waals surface area contributed by atoms with Gasteiger partial charge < -0.3 is 10.1 Å². The van der Waals surface area contributed by atoms with Gasteiger partial charge in [-0.05, 0) is 38.0 Å². The Morgan fingerprint density at radius 2 is 1.88 bits per heavy atom. The zero-order chi connectivity index (χ0) is 19.3. The molecule has 0 unspecified atom stereocenters. The highest BCUT2D eigenvalue weighted by Crippen LogP contribution is 2.40. The monoisotopic (exact) mass is 376 g/mol. The number of hydrogen-bond acceptors (Lipinski definition) is 6. The van der Waals surface area contributed by atoms with Crippen LogP contribution in [0.3, 0.4) is 0 Å². The molecule has 0 spiro atoms. The summed E-state index contributed by atoms with van der Waals surface area (Å²) in [5.74, 6) is -0.702. The lowest BCUT2D eigenvalue weighted by atomic mass is 10.0. The van der Waals surface area contributed by atoms with Crippen LogP contribution >= 0.6 is 11.3 Å². The Kier molecular flexibility index (Phi) is 6.46. The molecule has 2 aromatic rings. The number of ether oxygens (including phenoxy) is 1. The van der Waals surface area contributed by atoms with Crippen LogP contribution in [0, 0.1) is 17.0 Å². The number of amides is 1. The van der Waals surface area contributed by atoms with Crippen LogP contribution in [-0.4, -0.2) is 23.4 Å². The van der Waals surface area contributed by atoms with Crippen molar-refractivity contribution >= 4 is 33.9 Å². The summed E-state index contributed by atoms with van der Waals surface area (Å²) >= 11 is 1.29. The van der Waals surface area contributed by atoms with Crippen molar-refractivity contribution in [3.8, 4) is 11.1 Å². The lowest BCUT2D eigenvalue weighted by Gasteiger charge is -2.09. The second-order valence-electron chi connectivity index (χ2n) is 5.56. The fourth-order valence-electron chi connectivity index (χ4n) is 2.54. The van der Waals surface area contributed by atoms with Gasteiger partial charge in [0.05, 0.1) is 11.5 Å². The largest absolute Gasteiger partial charge is 0.462 e. The Balaban J connectivity index is 2.53. The minimum absolute atomic E-state index is 0.0317. The quantitative estimate of drug-likeness (QED) is 0.434. The van der Waals surface area contributed by atoms with E-state index in [1.165, 1.54) is 23.5 Å². The van der Waals surface area contributed by atoms with Crippen LogP contribution < -0.4 is 5.32 Å². The molecule has 1 N–H and O–H groups in total. The van der Waals surface area contributed by atoms with Gasteiger partial charge in [0.15, 0.2) is 0 Å². The molecule has 0 saturated carbocycles. The number of thiophene rings is 1. The fourth-order valence-corrected chi connectivity index (χ4v) is 3.62. The number of nitro benzene ring substituents is 1. The van der Waals surface area contributed by atoms with Crippen LogP contribution in [-0.2, 0) is 9.53 Å². The summed E-state index contributed by atoms with van der Waals surface area (Å²) < 4.78 is 5.16. The summed E-state index contributed by atoms with van der Waals surface area (Å²) in [6.45, 7) is 5.64. The molecule has 0 radical (unpaired) electrons. The van der Waals surface area contributed by atoms with Gasteiger partial charge in [-0.3, -0.25) is 14.9 Å². The lowest BCUT2D eigenvalue weighted by Crippen LogP contribution is -2.14. The van der Waals surface area contributed by atoms with Crippen molar-refractivity contribution < 1.29 is 19.2 Å².